The number of rotatable bonds is 4. The van der Waals surface area contributed by atoms with Gasteiger partial charge in [-0.05, 0) is 46.8 Å². The molecule has 0 aliphatic carbocycles. The smallest absolute Gasteiger partial charge is 0.161 e. The van der Waals surface area contributed by atoms with Crippen molar-refractivity contribution in [2.24, 2.45) is 11.7 Å². The summed E-state index contributed by atoms with van der Waals surface area (Å²) in [6.45, 7) is 2.27. The molecule has 104 valence electrons. The van der Waals surface area contributed by atoms with Crippen LogP contribution in [-0.2, 0) is 4.74 Å². The molecule has 0 amide bonds. The Labute approximate surface area is 125 Å². The van der Waals surface area contributed by atoms with E-state index in [2.05, 4.69) is 21.2 Å². The molecule has 3 N–H and O–H groups in total. The molecule has 19 heavy (non-hydrogen) atoms. The molecule has 0 saturated carbocycles. The average Bonchev–Trinajstić information content (AvgIpc) is 2.41. The Balaban J connectivity index is 2.04. The summed E-state index contributed by atoms with van der Waals surface area (Å²) in [5.74, 6) is 0.0733. The third kappa shape index (κ3) is 3.64. The van der Waals surface area contributed by atoms with Crippen LogP contribution in [0, 0.1) is 11.7 Å². The third-order valence-corrected chi connectivity index (χ3v) is 4.18. The first-order chi connectivity index (χ1) is 9.09. The molecule has 0 radical (unpaired) electrons. The van der Waals surface area contributed by atoms with Crippen LogP contribution in [0.3, 0.4) is 0 Å². The normalized spacial score (nSPS) is 19.2. The number of thiocarbonyl (C=S) groups is 1. The Morgan fingerprint density at radius 3 is 3.00 bits per heavy atom. The standard InChI is InChI=1S/C13H16BrFN2OS/c14-11-9(13(16)19)3-4-10(12(11)15)17-6-8-2-1-5-18-7-8/h3-4,8,17H,1-2,5-7H2,(H2,16,19). The molecule has 1 saturated heterocycles. The van der Waals surface area contributed by atoms with Gasteiger partial charge in [0.25, 0.3) is 0 Å². The van der Waals surface area contributed by atoms with Gasteiger partial charge in [0, 0.05) is 18.7 Å². The predicted molar refractivity (Wildman–Crippen MR) is 82.0 cm³/mol. The zero-order valence-corrected chi connectivity index (χ0v) is 12.8. The minimum atomic E-state index is -0.359. The van der Waals surface area contributed by atoms with Crippen molar-refractivity contribution in [3.8, 4) is 0 Å². The van der Waals surface area contributed by atoms with Crippen molar-refractivity contribution in [1.82, 2.24) is 0 Å². The van der Waals surface area contributed by atoms with Gasteiger partial charge in [-0.3, -0.25) is 0 Å². The summed E-state index contributed by atoms with van der Waals surface area (Å²) in [6, 6.07) is 3.38. The molecule has 1 unspecified atom stereocenters. The summed E-state index contributed by atoms with van der Waals surface area (Å²) in [5.41, 5.74) is 6.49. The quantitative estimate of drug-likeness (QED) is 0.822. The molecule has 1 fully saturated rings. The van der Waals surface area contributed by atoms with Crippen LogP contribution in [0.1, 0.15) is 18.4 Å². The molecule has 6 heteroatoms. The van der Waals surface area contributed by atoms with Crippen LogP contribution in [0.25, 0.3) is 0 Å². The lowest BCUT2D eigenvalue weighted by molar-refractivity contribution is 0.0595. The van der Waals surface area contributed by atoms with Crippen molar-refractivity contribution in [2.75, 3.05) is 25.1 Å². The van der Waals surface area contributed by atoms with E-state index in [4.69, 9.17) is 22.7 Å². The van der Waals surface area contributed by atoms with Crippen LogP contribution in [0.4, 0.5) is 10.1 Å². The van der Waals surface area contributed by atoms with Crippen molar-refractivity contribution in [2.45, 2.75) is 12.8 Å². The number of benzene rings is 1. The zero-order chi connectivity index (χ0) is 13.8. The van der Waals surface area contributed by atoms with Gasteiger partial charge in [0.15, 0.2) is 5.82 Å². The van der Waals surface area contributed by atoms with E-state index in [-0.39, 0.29) is 10.8 Å². The Morgan fingerprint density at radius 2 is 2.37 bits per heavy atom. The first-order valence-corrected chi connectivity index (χ1v) is 7.39. The molecule has 1 atom stereocenters. The number of hydrogen-bond donors (Lipinski definition) is 2. The molecule has 1 aliphatic heterocycles. The van der Waals surface area contributed by atoms with Gasteiger partial charge in [-0.15, -0.1) is 0 Å². The second kappa shape index (κ2) is 6.63. The average molecular weight is 347 g/mol. The van der Waals surface area contributed by atoms with Gasteiger partial charge in [0.05, 0.1) is 16.8 Å². The third-order valence-electron chi connectivity index (χ3n) is 3.18. The van der Waals surface area contributed by atoms with Gasteiger partial charge in [-0.1, -0.05) is 12.2 Å². The van der Waals surface area contributed by atoms with Crippen molar-refractivity contribution in [1.29, 1.82) is 0 Å². The van der Waals surface area contributed by atoms with E-state index in [1.807, 2.05) is 0 Å². The summed E-state index contributed by atoms with van der Waals surface area (Å²) in [7, 11) is 0. The minimum Gasteiger partial charge on any atom is -0.389 e. The van der Waals surface area contributed by atoms with Gasteiger partial charge in [0.1, 0.15) is 4.99 Å². The molecule has 0 aromatic heterocycles. The van der Waals surface area contributed by atoms with Crippen molar-refractivity contribution in [3.63, 3.8) is 0 Å². The summed E-state index contributed by atoms with van der Waals surface area (Å²) >= 11 is 8.05. The lowest BCUT2D eigenvalue weighted by Crippen LogP contribution is -2.24. The Bertz CT molecular complexity index is 478. The highest BCUT2D eigenvalue weighted by Gasteiger charge is 2.16. The Hall–Kier alpha value is -0.720. The maximum Gasteiger partial charge on any atom is 0.161 e. The second-order valence-corrected chi connectivity index (χ2v) is 5.85. The number of anilines is 1. The predicted octanol–water partition coefficient (Wildman–Crippen LogP) is 3.06. The number of nitrogens with two attached hydrogens (primary N) is 1. The fourth-order valence-electron chi connectivity index (χ4n) is 2.10. The molecule has 3 nitrogen and oxygen atoms in total. The summed E-state index contributed by atoms with van der Waals surface area (Å²) in [4.78, 5) is 0.179. The lowest BCUT2D eigenvalue weighted by atomic mass is 10.0. The molecule has 1 heterocycles. The maximum absolute atomic E-state index is 14.1. The largest absolute Gasteiger partial charge is 0.389 e. The molecule has 1 aromatic carbocycles. The lowest BCUT2D eigenvalue weighted by Gasteiger charge is -2.23. The van der Waals surface area contributed by atoms with Crippen molar-refractivity contribution < 1.29 is 9.13 Å². The van der Waals surface area contributed by atoms with E-state index in [0.29, 0.717) is 28.2 Å². The van der Waals surface area contributed by atoms with Crippen LogP contribution in [0.15, 0.2) is 16.6 Å². The van der Waals surface area contributed by atoms with Gasteiger partial charge in [-0.25, -0.2) is 4.39 Å². The van der Waals surface area contributed by atoms with Gasteiger partial charge >= 0.3 is 0 Å². The number of ether oxygens (including phenoxy) is 1. The highest BCUT2D eigenvalue weighted by molar-refractivity contribution is 9.10. The molecule has 1 aliphatic rings. The Kier molecular flexibility index (Phi) is 5.13. The number of halogens is 2. The van der Waals surface area contributed by atoms with Crippen LogP contribution < -0.4 is 11.1 Å². The fourth-order valence-corrected chi connectivity index (χ4v) is 2.96. The van der Waals surface area contributed by atoms with E-state index in [0.717, 1.165) is 26.1 Å². The topological polar surface area (TPSA) is 47.3 Å². The monoisotopic (exact) mass is 346 g/mol. The van der Waals surface area contributed by atoms with Crippen LogP contribution >= 0.6 is 28.1 Å². The summed E-state index contributed by atoms with van der Waals surface area (Å²) in [5, 5.41) is 3.12. The van der Waals surface area contributed by atoms with Gasteiger partial charge < -0.3 is 15.8 Å². The van der Waals surface area contributed by atoms with Crippen LogP contribution in [0.2, 0.25) is 0 Å². The zero-order valence-electron chi connectivity index (χ0n) is 10.4. The molecular formula is C13H16BrFN2OS. The van der Waals surface area contributed by atoms with Crippen LogP contribution in [0.5, 0.6) is 0 Å². The molecule has 0 spiro atoms. The molecule has 1 aromatic rings. The van der Waals surface area contributed by atoms with E-state index in [1.54, 1.807) is 12.1 Å². The highest BCUT2D eigenvalue weighted by Crippen LogP contribution is 2.27. The van der Waals surface area contributed by atoms with E-state index >= 15 is 0 Å². The molecule has 2 rings (SSSR count). The number of nitrogens with one attached hydrogen (secondary N) is 1. The van der Waals surface area contributed by atoms with E-state index in [1.165, 1.54) is 0 Å². The van der Waals surface area contributed by atoms with Gasteiger partial charge in [0.2, 0.25) is 0 Å². The molecule has 0 bridgehead atoms. The van der Waals surface area contributed by atoms with Crippen molar-refractivity contribution >= 4 is 38.8 Å². The fraction of sp³-hybridized carbons (Fsp3) is 0.462. The summed E-state index contributed by atoms with van der Waals surface area (Å²) in [6.07, 6.45) is 2.18. The second-order valence-electron chi connectivity index (χ2n) is 4.62. The first kappa shape index (κ1) is 14.7. The van der Waals surface area contributed by atoms with E-state index < -0.39 is 0 Å². The number of hydrogen-bond acceptors (Lipinski definition) is 3. The van der Waals surface area contributed by atoms with Crippen molar-refractivity contribution in [3.05, 3.63) is 28.0 Å². The summed E-state index contributed by atoms with van der Waals surface area (Å²) < 4.78 is 19.8. The SMILES string of the molecule is NC(=S)c1ccc(NCC2CCCOC2)c(F)c1Br. The van der Waals surface area contributed by atoms with Gasteiger partial charge in [-0.2, -0.15) is 0 Å². The van der Waals surface area contributed by atoms with Crippen LogP contribution in [-0.4, -0.2) is 24.7 Å². The Morgan fingerprint density at radius 1 is 1.58 bits per heavy atom. The first-order valence-electron chi connectivity index (χ1n) is 6.19. The maximum atomic E-state index is 14.1. The highest BCUT2D eigenvalue weighted by atomic mass is 79.9. The van der Waals surface area contributed by atoms with E-state index in [9.17, 15) is 4.39 Å². The minimum absolute atomic E-state index is 0.179. The molecular weight excluding hydrogens is 331 g/mol.